The second-order valence-corrected chi connectivity index (χ2v) is 5.27. The summed E-state index contributed by atoms with van der Waals surface area (Å²) in [4.78, 5) is 2.57. The molecule has 1 aliphatic heterocycles. The lowest BCUT2D eigenvalue weighted by atomic mass is 10.0. The molecule has 0 saturated carbocycles. The molecular formula is C10H22N2S. The first-order valence-electron chi connectivity index (χ1n) is 5.27. The summed E-state index contributed by atoms with van der Waals surface area (Å²) in [5, 5.41) is 0. The minimum Gasteiger partial charge on any atom is -0.329 e. The monoisotopic (exact) mass is 202 g/mol. The van der Waals surface area contributed by atoms with E-state index in [0.717, 1.165) is 6.54 Å². The van der Waals surface area contributed by atoms with E-state index in [9.17, 15) is 0 Å². The number of nitrogens with zero attached hydrogens (tertiary/aromatic N) is 1. The molecule has 3 heteroatoms. The van der Waals surface area contributed by atoms with Crippen LogP contribution in [0.3, 0.4) is 0 Å². The van der Waals surface area contributed by atoms with E-state index in [-0.39, 0.29) is 0 Å². The van der Waals surface area contributed by atoms with Crippen LogP contribution in [0.4, 0.5) is 0 Å². The smallest absolute Gasteiger partial charge is 0.0241 e. The van der Waals surface area contributed by atoms with Crippen molar-refractivity contribution in [1.29, 1.82) is 0 Å². The van der Waals surface area contributed by atoms with Crippen molar-refractivity contribution in [2.75, 3.05) is 31.1 Å². The molecule has 1 atom stereocenters. The van der Waals surface area contributed by atoms with Gasteiger partial charge in [-0.2, -0.15) is 11.8 Å². The second kappa shape index (κ2) is 5.89. The van der Waals surface area contributed by atoms with E-state index in [4.69, 9.17) is 5.73 Å². The van der Waals surface area contributed by atoms with E-state index in [1.807, 2.05) is 0 Å². The number of hydrogen-bond acceptors (Lipinski definition) is 3. The second-order valence-electron chi connectivity index (χ2n) is 4.05. The van der Waals surface area contributed by atoms with Gasteiger partial charge in [-0.1, -0.05) is 13.8 Å². The third-order valence-corrected chi connectivity index (χ3v) is 3.79. The van der Waals surface area contributed by atoms with Gasteiger partial charge in [0.15, 0.2) is 0 Å². The maximum absolute atomic E-state index is 5.81. The molecule has 0 aromatic heterocycles. The minimum absolute atomic E-state index is 0.596. The standard InChI is InChI=1S/C10H22N2S/c1-9(2)10(8-11)12-4-3-6-13-7-5-12/h9-10H,3-8,11H2,1-2H3. The van der Waals surface area contributed by atoms with Gasteiger partial charge in [-0.15, -0.1) is 0 Å². The summed E-state index contributed by atoms with van der Waals surface area (Å²) in [5.41, 5.74) is 5.81. The highest BCUT2D eigenvalue weighted by molar-refractivity contribution is 7.99. The van der Waals surface area contributed by atoms with Crippen molar-refractivity contribution in [2.45, 2.75) is 26.3 Å². The highest BCUT2D eigenvalue weighted by Crippen LogP contribution is 2.16. The SMILES string of the molecule is CC(C)C(CN)N1CCCSCC1. The Morgan fingerprint density at radius 2 is 2.08 bits per heavy atom. The lowest BCUT2D eigenvalue weighted by Gasteiger charge is -2.32. The molecule has 0 amide bonds. The zero-order valence-electron chi connectivity index (χ0n) is 8.83. The highest BCUT2D eigenvalue weighted by atomic mass is 32.2. The molecule has 1 unspecified atom stereocenters. The number of hydrogen-bond donors (Lipinski definition) is 1. The first-order chi connectivity index (χ1) is 6.25. The third kappa shape index (κ3) is 3.49. The molecule has 1 aliphatic rings. The Bertz CT molecular complexity index is 131. The highest BCUT2D eigenvalue weighted by Gasteiger charge is 2.20. The lowest BCUT2D eigenvalue weighted by Crippen LogP contribution is -2.45. The summed E-state index contributed by atoms with van der Waals surface area (Å²) >= 11 is 2.08. The predicted molar refractivity (Wildman–Crippen MR) is 61.2 cm³/mol. The molecule has 78 valence electrons. The van der Waals surface area contributed by atoms with Gasteiger partial charge >= 0.3 is 0 Å². The molecule has 0 aromatic carbocycles. The van der Waals surface area contributed by atoms with Crippen LogP contribution in [0.1, 0.15) is 20.3 Å². The summed E-state index contributed by atoms with van der Waals surface area (Å²) in [7, 11) is 0. The van der Waals surface area contributed by atoms with Gasteiger partial charge in [-0.05, 0) is 24.6 Å². The first-order valence-corrected chi connectivity index (χ1v) is 6.43. The molecule has 0 spiro atoms. The van der Waals surface area contributed by atoms with E-state index in [1.54, 1.807) is 0 Å². The zero-order valence-corrected chi connectivity index (χ0v) is 9.65. The maximum atomic E-state index is 5.81. The van der Waals surface area contributed by atoms with Gasteiger partial charge in [0.1, 0.15) is 0 Å². The average Bonchev–Trinajstić information content (AvgIpc) is 2.33. The Hall–Kier alpha value is 0.270. The van der Waals surface area contributed by atoms with E-state index in [1.165, 1.54) is 31.0 Å². The minimum atomic E-state index is 0.596. The molecule has 1 saturated heterocycles. The quantitative estimate of drug-likeness (QED) is 0.750. The van der Waals surface area contributed by atoms with Crippen molar-refractivity contribution in [3.8, 4) is 0 Å². The third-order valence-electron chi connectivity index (χ3n) is 2.74. The van der Waals surface area contributed by atoms with Crippen molar-refractivity contribution < 1.29 is 0 Å². The molecule has 2 nitrogen and oxygen atoms in total. The summed E-state index contributed by atoms with van der Waals surface area (Å²) in [6.07, 6.45) is 1.33. The fraction of sp³-hybridized carbons (Fsp3) is 1.00. The largest absolute Gasteiger partial charge is 0.329 e. The summed E-state index contributed by atoms with van der Waals surface area (Å²) < 4.78 is 0. The Morgan fingerprint density at radius 1 is 1.31 bits per heavy atom. The van der Waals surface area contributed by atoms with Crippen LogP contribution in [-0.4, -0.2) is 42.1 Å². The Kier molecular flexibility index (Phi) is 5.14. The molecule has 2 N–H and O–H groups in total. The first kappa shape index (κ1) is 11.3. The Balaban J connectivity index is 2.45. The molecule has 1 rings (SSSR count). The summed E-state index contributed by atoms with van der Waals surface area (Å²) in [5.74, 6) is 3.29. The van der Waals surface area contributed by atoms with E-state index >= 15 is 0 Å². The van der Waals surface area contributed by atoms with E-state index in [2.05, 4.69) is 30.5 Å². The Morgan fingerprint density at radius 3 is 2.69 bits per heavy atom. The van der Waals surface area contributed by atoms with Gasteiger partial charge in [0.05, 0.1) is 0 Å². The molecule has 0 radical (unpaired) electrons. The molecule has 0 aliphatic carbocycles. The van der Waals surface area contributed by atoms with Gasteiger partial charge in [0, 0.05) is 24.9 Å². The van der Waals surface area contributed by atoms with Crippen molar-refractivity contribution in [2.24, 2.45) is 11.7 Å². The van der Waals surface area contributed by atoms with Crippen LogP contribution in [0, 0.1) is 5.92 Å². The van der Waals surface area contributed by atoms with Gasteiger partial charge in [0.25, 0.3) is 0 Å². The average molecular weight is 202 g/mol. The Labute approximate surface area is 86.2 Å². The van der Waals surface area contributed by atoms with Crippen LogP contribution in [0.15, 0.2) is 0 Å². The van der Waals surface area contributed by atoms with Gasteiger partial charge in [-0.3, -0.25) is 4.90 Å². The molecule has 13 heavy (non-hydrogen) atoms. The van der Waals surface area contributed by atoms with Crippen molar-refractivity contribution in [3.63, 3.8) is 0 Å². The van der Waals surface area contributed by atoms with Crippen LogP contribution < -0.4 is 5.73 Å². The number of thioether (sulfide) groups is 1. The predicted octanol–water partition coefficient (Wildman–Crippen LogP) is 1.41. The zero-order chi connectivity index (χ0) is 9.68. The van der Waals surface area contributed by atoms with Crippen LogP contribution in [-0.2, 0) is 0 Å². The number of nitrogens with two attached hydrogens (primary N) is 1. The normalized spacial score (nSPS) is 23.1. The molecular weight excluding hydrogens is 180 g/mol. The van der Waals surface area contributed by atoms with Crippen LogP contribution in [0.2, 0.25) is 0 Å². The van der Waals surface area contributed by atoms with Gasteiger partial charge in [0.2, 0.25) is 0 Å². The van der Waals surface area contributed by atoms with Crippen molar-refractivity contribution in [3.05, 3.63) is 0 Å². The molecule has 0 bridgehead atoms. The topological polar surface area (TPSA) is 29.3 Å². The van der Waals surface area contributed by atoms with Crippen molar-refractivity contribution in [1.82, 2.24) is 4.90 Å². The fourth-order valence-corrected chi connectivity index (χ4v) is 2.84. The fourth-order valence-electron chi connectivity index (χ4n) is 1.94. The van der Waals surface area contributed by atoms with Crippen LogP contribution >= 0.6 is 11.8 Å². The lowest BCUT2D eigenvalue weighted by molar-refractivity contribution is 0.172. The molecule has 1 heterocycles. The van der Waals surface area contributed by atoms with E-state index < -0.39 is 0 Å². The van der Waals surface area contributed by atoms with Gasteiger partial charge in [-0.25, -0.2) is 0 Å². The maximum Gasteiger partial charge on any atom is 0.0241 e. The summed E-state index contributed by atoms with van der Waals surface area (Å²) in [6, 6.07) is 0.596. The molecule has 0 aromatic rings. The summed E-state index contributed by atoms with van der Waals surface area (Å²) in [6.45, 7) is 7.82. The van der Waals surface area contributed by atoms with Crippen molar-refractivity contribution >= 4 is 11.8 Å². The van der Waals surface area contributed by atoms with Crippen LogP contribution in [0.25, 0.3) is 0 Å². The van der Waals surface area contributed by atoms with Crippen LogP contribution in [0.5, 0.6) is 0 Å². The number of rotatable bonds is 3. The molecule has 1 fully saturated rings. The van der Waals surface area contributed by atoms with E-state index in [0.29, 0.717) is 12.0 Å². The van der Waals surface area contributed by atoms with Gasteiger partial charge < -0.3 is 5.73 Å².